The second kappa shape index (κ2) is 6.57. The van der Waals surface area contributed by atoms with Crippen LogP contribution in [0.4, 0.5) is 0 Å². The van der Waals surface area contributed by atoms with Crippen LogP contribution in [0.1, 0.15) is 24.6 Å². The van der Waals surface area contributed by atoms with E-state index in [0.29, 0.717) is 18.1 Å². The first kappa shape index (κ1) is 17.7. The van der Waals surface area contributed by atoms with E-state index in [2.05, 4.69) is 15.2 Å². The summed E-state index contributed by atoms with van der Waals surface area (Å²) in [5.41, 5.74) is 1.86. The Morgan fingerprint density at radius 1 is 1.18 bits per heavy atom. The number of rotatable bonds is 3. The van der Waals surface area contributed by atoms with Gasteiger partial charge in [-0.15, -0.1) is 10.2 Å². The molecule has 0 N–H and O–H groups in total. The van der Waals surface area contributed by atoms with Crippen molar-refractivity contribution in [2.45, 2.75) is 18.8 Å². The van der Waals surface area contributed by atoms with Crippen LogP contribution in [-0.4, -0.2) is 56.9 Å². The number of nitrogens with zero attached hydrogens (tertiary/aromatic N) is 6. The maximum absolute atomic E-state index is 11.9. The highest BCUT2D eigenvalue weighted by molar-refractivity contribution is 7.88. The summed E-state index contributed by atoms with van der Waals surface area (Å²) in [6, 6.07) is 9.97. The third kappa shape index (κ3) is 2.97. The van der Waals surface area contributed by atoms with Gasteiger partial charge in [0.25, 0.3) is 0 Å². The summed E-state index contributed by atoms with van der Waals surface area (Å²) in [7, 11) is -3.22. The molecular formula is C18H18N6O2S2. The Morgan fingerprint density at radius 2 is 2.04 bits per heavy atom. The first-order valence-corrected chi connectivity index (χ1v) is 11.7. The molecule has 4 heterocycles. The van der Waals surface area contributed by atoms with Gasteiger partial charge in [-0.3, -0.25) is 4.98 Å². The SMILES string of the molecule is CS(=O)(=O)N1CCCC(c2nnc3sc(-c4cccc5cccnc45)nn23)C1. The number of sulfonamides is 1. The largest absolute Gasteiger partial charge is 0.256 e. The summed E-state index contributed by atoms with van der Waals surface area (Å²) in [5, 5.41) is 15.2. The van der Waals surface area contributed by atoms with Crippen molar-refractivity contribution >= 4 is 37.2 Å². The molecule has 10 heteroatoms. The number of hydrogen-bond donors (Lipinski definition) is 0. The van der Waals surface area contributed by atoms with Crippen LogP contribution in [0.15, 0.2) is 36.5 Å². The summed E-state index contributed by atoms with van der Waals surface area (Å²) in [6.07, 6.45) is 4.70. The first-order valence-electron chi connectivity index (χ1n) is 9.02. The molecule has 0 saturated carbocycles. The molecule has 4 aromatic rings. The van der Waals surface area contributed by atoms with Crippen molar-refractivity contribution in [1.29, 1.82) is 0 Å². The minimum atomic E-state index is -3.22. The van der Waals surface area contributed by atoms with Gasteiger partial charge >= 0.3 is 0 Å². The van der Waals surface area contributed by atoms with E-state index in [1.807, 2.05) is 30.3 Å². The molecule has 144 valence electrons. The van der Waals surface area contributed by atoms with Gasteiger partial charge in [-0.05, 0) is 25.0 Å². The van der Waals surface area contributed by atoms with Gasteiger partial charge in [0.15, 0.2) is 5.82 Å². The van der Waals surface area contributed by atoms with Crippen molar-refractivity contribution in [1.82, 2.24) is 29.1 Å². The lowest BCUT2D eigenvalue weighted by Crippen LogP contribution is -2.38. The Labute approximate surface area is 165 Å². The van der Waals surface area contributed by atoms with E-state index in [1.54, 1.807) is 10.7 Å². The minimum absolute atomic E-state index is 0.0148. The van der Waals surface area contributed by atoms with Crippen LogP contribution in [0.25, 0.3) is 26.4 Å². The van der Waals surface area contributed by atoms with Crippen molar-refractivity contribution in [2.24, 2.45) is 0 Å². The smallest absolute Gasteiger partial charge is 0.234 e. The number of aromatic nitrogens is 5. The van der Waals surface area contributed by atoms with E-state index in [4.69, 9.17) is 5.10 Å². The molecule has 1 aliphatic heterocycles. The lowest BCUT2D eigenvalue weighted by Gasteiger charge is -2.29. The molecule has 5 rings (SSSR count). The predicted molar refractivity (Wildman–Crippen MR) is 108 cm³/mol. The van der Waals surface area contributed by atoms with Gasteiger partial charge in [-0.25, -0.2) is 12.7 Å². The van der Waals surface area contributed by atoms with E-state index in [-0.39, 0.29) is 5.92 Å². The molecule has 0 bridgehead atoms. The normalized spacial score (nSPS) is 18.8. The molecule has 1 atom stereocenters. The molecule has 3 aromatic heterocycles. The van der Waals surface area contributed by atoms with E-state index in [9.17, 15) is 8.42 Å². The van der Waals surface area contributed by atoms with Crippen LogP contribution in [0, 0.1) is 0 Å². The number of benzene rings is 1. The number of fused-ring (bicyclic) bond motifs is 2. The summed E-state index contributed by atoms with van der Waals surface area (Å²) < 4.78 is 27.2. The molecule has 1 unspecified atom stereocenters. The van der Waals surface area contributed by atoms with E-state index < -0.39 is 10.0 Å². The van der Waals surface area contributed by atoms with Gasteiger partial charge in [-0.1, -0.05) is 29.5 Å². The average molecular weight is 415 g/mol. The Kier molecular flexibility index (Phi) is 4.14. The fourth-order valence-electron chi connectivity index (χ4n) is 3.73. The van der Waals surface area contributed by atoms with Crippen molar-refractivity contribution in [3.63, 3.8) is 0 Å². The number of para-hydroxylation sites is 1. The highest BCUT2D eigenvalue weighted by Gasteiger charge is 2.30. The lowest BCUT2D eigenvalue weighted by molar-refractivity contribution is 0.309. The third-order valence-electron chi connectivity index (χ3n) is 5.10. The zero-order chi connectivity index (χ0) is 19.3. The van der Waals surface area contributed by atoms with Crippen LogP contribution < -0.4 is 0 Å². The Morgan fingerprint density at radius 3 is 2.89 bits per heavy atom. The number of hydrogen-bond acceptors (Lipinski definition) is 7. The molecule has 28 heavy (non-hydrogen) atoms. The van der Waals surface area contributed by atoms with Crippen LogP contribution in [-0.2, 0) is 10.0 Å². The zero-order valence-corrected chi connectivity index (χ0v) is 16.8. The topological polar surface area (TPSA) is 93.4 Å². The Balaban J connectivity index is 1.56. The molecule has 0 amide bonds. The van der Waals surface area contributed by atoms with Crippen molar-refractivity contribution in [3.05, 3.63) is 42.4 Å². The van der Waals surface area contributed by atoms with Crippen LogP contribution in [0.2, 0.25) is 0 Å². The number of pyridine rings is 1. The lowest BCUT2D eigenvalue weighted by atomic mass is 9.99. The van der Waals surface area contributed by atoms with Gasteiger partial charge in [0.05, 0.1) is 11.8 Å². The molecule has 8 nitrogen and oxygen atoms in total. The second-order valence-electron chi connectivity index (χ2n) is 7.00. The standard InChI is InChI=1S/C18H18N6O2S2/c1-28(25,26)23-10-4-7-13(11-23)16-20-21-18-24(16)22-17(27-18)14-8-2-5-12-6-3-9-19-15(12)14/h2-3,5-6,8-9,13H,4,7,10-11H2,1H3. The second-order valence-corrected chi connectivity index (χ2v) is 9.94. The highest BCUT2D eigenvalue weighted by atomic mass is 32.2. The van der Waals surface area contributed by atoms with Gasteiger partial charge in [0.1, 0.15) is 5.01 Å². The Bertz CT molecular complexity index is 1270. The molecule has 0 radical (unpaired) electrons. The maximum atomic E-state index is 11.9. The fraction of sp³-hybridized carbons (Fsp3) is 0.333. The molecule has 1 saturated heterocycles. The summed E-state index contributed by atoms with van der Waals surface area (Å²) >= 11 is 1.46. The van der Waals surface area contributed by atoms with Gasteiger partial charge < -0.3 is 0 Å². The molecule has 1 aliphatic rings. The van der Waals surface area contributed by atoms with Crippen molar-refractivity contribution < 1.29 is 8.42 Å². The van der Waals surface area contributed by atoms with Crippen molar-refractivity contribution in [3.8, 4) is 10.6 Å². The average Bonchev–Trinajstić information content (AvgIpc) is 3.27. The summed E-state index contributed by atoms with van der Waals surface area (Å²) in [5.74, 6) is 0.707. The quantitative estimate of drug-likeness (QED) is 0.511. The summed E-state index contributed by atoms with van der Waals surface area (Å²) in [4.78, 5) is 5.21. The first-order chi connectivity index (χ1) is 13.5. The van der Waals surface area contributed by atoms with Gasteiger partial charge in [0, 0.05) is 36.2 Å². The van der Waals surface area contributed by atoms with Crippen LogP contribution in [0.3, 0.4) is 0 Å². The molecule has 1 aromatic carbocycles. The highest BCUT2D eigenvalue weighted by Crippen LogP contribution is 2.33. The Hall–Kier alpha value is -2.43. The van der Waals surface area contributed by atoms with E-state index in [1.165, 1.54) is 21.9 Å². The van der Waals surface area contributed by atoms with Gasteiger partial charge in [-0.2, -0.15) is 9.61 Å². The molecular weight excluding hydrogens is 396 g/mol. The maximum Gasteiger partial charge on any atom is 0.234 e. The predicted octanol–water partition coefficient (Wildman–Crippen LogP) is 2.54. The molecule has 1 fully saturated rings. The molecule has 0 aliphatic carbocycles. The third-order valence-corrected chi connectivity index (χ3v) is 7.30. The zero-order valence-electron chi connectivity index (χ0n) is 15.2. The van der Waals surface area contributed by atoms with Crippen LogP contribution >= 0.6 is 11.3 Å². The monoisotopic (exact) mass is 414 g/mol. The number of piperidine rings is 1. The fourth-order valence-corrected chi connectivity index (χ4v) is 5.51. The van der Waals surface area contributed by atoms with E-state index in [0.717, 1.165) is 40.1 Å². The molecule has 0 spiro atoms. The van der Waals surface area contributed by atoms with Gasteiger partial charge in [0.2, 0.25) is 15.0 Å². The minimum Gasteiger partial charge on any atom is -0.256 e. The van der Waals surface area contributed by atoms with Crippen LogP contribution in [0.5, 0.6) is 0 Å². The summed E-state index contributed by atoms with van der Waals surface area (Å²) in [6.45, 7) is 0.976. The van der Waals surface area contributed by atoms with Crippen molar-refractivity contribution in [2.75, 3.05) is 19.3 Å². The van der Waals surface area contributed by atoms with E-state index >= 15 is 0 Å².